The minimum absolute atomic E-state index is 0.305. The zero-order valence-electron chi connectivity index (χ0n) is 11.4. The zero-order chi connectivity index (χ0) is 13.7. The van der Waals surface area contributed by atoms with Crippen LogP contribution in [0.25, 0.3) is 0 Å². The van der Waals surface area contributed by atoms with E-state index < -0.39 is 0 Å². The highest BCUT2D eigenvalue weighted by Gasteiger charge is 2.12. The van der Waals surface area contributed by atoms with Crippen LogP contribution in [-0.4, -0.2) is 16.8 Å². The highest BCUT2D eigenvalue weighted by molar-refractivity contribution is 9.10. The third-order valence-electron chi connectivity index (χ3n) is 3.19. The van der Waals surface area contributed by atoms with Gasteiger partial charge in [0.25, 0.3) is 0 Å². The molecule has 0 amide bonds. The molecule has 0 saturated heterocycles. The van der Waals surface area contributed by atoms with Crippen LogP contribution >= 0.6 is 15.9 Å². The van der Waals surface area contributed by atoms with Crippen molar-refractivity contribution in [3.8, 4) is 0 Å². The third-order valence-corrected chi connectivity index (χ3v) is 3.68. The molecule has 0 saturated carbocycles. The molecule has 2 aromatic rings. The van der Waals surface area contributed by atoms with Gasteiger partial charge < -0.3 is 5.32 Å². The van der Waals surface area contributed by atoms with E-state index in [4.69, 9.17) is 0 Å². The van der Waals surface area contributed by atoms with Crippen LogP contribution in [0.4, 0.5) is 0 Å². The van der Waals surface area contributed by atoms with Gasteiger partial charge in [0, 0.05) is 28.8 Å². The fourth-order valence-corrected chi connectivity index (χ4v) is 2.64. The van der Waals surface area contributed by atoms with E-state index in [2.05, 4.69) is 63.7 Å². The quantitative estimate of drug-likeness (QED) is 0.881. The van der Waals surface area contributed by atoms with Crippen molar-refractivity contribution < 1.29 is 0 Å². The number of aromatic nitrogens is 2. The Kier molecular flexibility index (Phi) is 5.16. The van der Waals surface area contributed by atoms with Gasteiger partial charge in [-0.25, -0.2) is 0 Å². The maximum absolute atomic E-state index is 4.40. The Morgan fingerprint density at radius 3 is 2.95 bits per heavy atom. The fraction of sp³-hybridized carbons (Fsp3) is 0.400. The van der Waals surface area contributed by atoms with E-state index in [9.17, 15) is 0 Å². The Bertz CT molecular complexity index is 522. The summed E-state index contributed by atoms with van der Waals surface area (Å²) < 4.78 is 3.14. The van der Waals surface area contributed by atoms with Gasteiger partial charge in [-0.3, -0.25) is 4.68 Å². The molecule has 1 heterocycles. The number of nitrogens with one attached hydrogen (secondary N) is 1. The molecule has 0 bridgehead atoms. The van der Waals surface area contributed by atoms with Gasteiger partial charge in [0.15, 0.2) is 0 Å². The highest BCUT2D eigenvalue weighted by Crippen LogP contribution is 2.20. The minimum Gasteiger partial charge on any atom is -0.313 e. The maximum Gasteiger partial charge on any atom is 0.0537 e. The van der Waals surface area contributed by atoms with Crippen molar-refractivity contribution in [1.29, 1.82) is 0 Å². The normalized spacial score (nSPS) is 12.6. The Morgan fingerprint density at radius 2 is 2.26 bits per heavy atom. The van der Waals surface area contributed by atoms with Crippen LogP contribution in [0.5, 0.6) is 0 Å². The molecule has 0 aliphatic carbocycles. The summed E-state index contributed by atoms with van der Waals surface area (Å²) in [5.41, 5.74) is 2.56. The summed E-state index contributed by atoms with van der Waals surface area (Å²) in [4.78, 5) is 0. The van der Waals surface area contributed by atoms with Gasteiger partial charge in [0.1, 0.15) is 0 Å². The van der Waals surface area contributed by atoms with Gasteiger partial charge in [-0.15, -0.1) is 0 Å². The van der Waals surface area contributed by atoms with Crippen LogP contribution in [0, 0.1) is 0 Å². The molecule has 1 N–H and O–H groups in total. The second-order valence-electron chi connectivity index (χ2n) is 4.71. The van der Waals surface area contributed by atoms with E-state index in [1.165, 1.54) is 11.1 Å². The predicted octanol–water partition coefficient (Wildman–Crippen LogP) is 3.56. The second kappa shape index (κ2) is 6.87. The van der Waals surface area contributed by atoms with Gasteiger partial charge in [-0.2, -0.15) is 5.10 Å². The molecule has 102 valence electrons. The van der Waals surface area contributed by atoms with E-state index >= 15 is 0 Å². The van der Waals surface area contributed by atoms with Crippen LogP contribution in [0.15, 0.2) is 41.1 Å². The lowest BCUT2D eigenvalue weighted by atomic mass is 10.0. The Labute approximate surface area is 123 Å². The predicted molar refractivity (Wildman–Crippen MR) is 82.2 cm³/mol. The number of benzene rings is 1. The zero-order valence-corrected chi connectivity index (χ0v) is 13.0. The number of nitrogens with zero attached hydrogens (tertiary/aromatic N) is 2. The number of likely N-dealkylation sites (N-methyl/N-ethyl adjacent to an activating group) is 1. The van der Waals surface area contributed by atoms with Gasteiger partial charge in [-0.05, 0) is 37.6 Å². The molecule has 0 aliphatic heterocycles. The SMILES string of the molecule is CCCn1cc(C(Cc2cccc(Br)c2)NC)cn1. The summed E-state index contributed by atoms with van der Waals surface area (Å²) in [6.45, 7) is 3.14. The lowest BCUT2D eigenvalue weighted by Gasteiger charge is -2.14. The highest BCUT2D eigenvalue weighted by atomic mass is 79.9. The van der Waals surface area contributed by atoms with Crippen LogP contribution in [0.1, 0.15) is 30.5 Å². The first-order valence-electron chi connectivity index (χ1n) is 6.67. The molecule has 1 unspecified atom stereocenters. The molecule has 0 aliphatic rings. The third kappa shape index (κ3) is 3.91. The Hall–Kier alpha value is -1.13. The average molecular weight is 322 g/mol. The number of hydrogen-bond acceptors (Lipinski definition) is 2. The molecule has 4 heteroatoms. The molecule has 1 aromatic carbocycles. The fourth-order valence-electron chi connectivity index (χ4n) is 2.20. The van der Waals surface area contributed by atoms with Gasteiger partial charge in [0.05, 0.1) is 6.20 Å². The van der Waals surface area contributed by atoms with Crippen molar-refractivity contribution in [3.63, 3.8) is 0 Å². The van der Waals surface area contributed by atoms with E-state index in [1.807, 2.05) is 17.9 Å². The van der Waals surface area contributed by atoms with E-state index in [0.717, 1.165) is 23.9 Å². The number of aryl methyl sites for hydroxylation is 1. The average Bonchev–Trinajstić information content (AvgIpc) is 2.85. The Balaban J connectivity index is 2.10. The number of rotatable bonds is 6. The monoisotopic (exact) mass is 321 g/mol. The van der Waals surface area contributed by atoms with E-state index in [1.54, 1.807) is 0 Å². The molecule has 1 aromatic heterocycles. The summed E-state index contributed by atoms with van der Waals surface area (Å²) >= 11 is 3.52. The molecule has 0 fully saturated rings. The van der Waals surface area contributed by atoms with Crippen molar-refractivity contribution in [2.45, 2.75) is 32.4 Å². The lowest BCUT2D eigenvalue weighted by molar-refractivity contribution is 0.582. The first kappa shape index (κ1) is 14.3. The van der Waals surface area contributed by atoms with Crippen molar-refractivity contribution in [1.82, 2.24) is 15.1 Å². The van der Waals surface area contributed by atoms with E-state index in [-0.39, 0.29) is 0 Å². The van der Waals surface area contributed by atoms with Crippen LogP contribution in [0.3, 0.4) is 0 Å². The molecule has 3 nitrogen and oxygen atoms in total. The molecular weight excluding hydrogens is 302 g/mol. The summed E-state index contributed by atoms with van der Waals surface area (Å²) in [6.07, 6.45) is 6.18. The molecule has 1 atom stereocenters. The van der Waals surface area contributed by atoms with Crippen LogP contribution in [0.2, 0.25) is 0 Å². The first-order valence-corrected chi connectivity index (χ1v) is 7.46. The molecule has 0 spiro atoms. The Morgan fingerprint density at radius 1 is 1.42 bits per heavy atom. The van der Waals surface area contributed by atoms with Gasteiger partial charge >= 0.3 is 0 Å². The van der Waals surface area contributed by atoms with Crippen LogP contribution < -0.4 is 5.32 Å². The topological polar surface area (TPSA) is 29.9 Å². The molecule has 19 heavy (non-hydrogen) atoms. The van der Waals surface area contributed by atoms with Crippen molar-refractivity contribution in [2.75, 3.05) is 7.05 Å². The summed E-state index contributed by atoms with van der Waals surface area (Å²) in [6, 6.07) is 8.76. The first-order chi connectivity index (χ1) is 9.22. The smallest absolute Gasteiger partial charge is 0.0537 e. The molecular formula is C15H20BrN3. The van der Waals surface area contributed by atoms with Gasteiger partial charge in [0.2, 0.25) is 0 Å². The van der Waals surface area contributed by atoms with Crippen LogP contribution in [-0.2, 0) is 13.0 Å². The summed E-state index contributed by atoms with van der Waals surface area (Å²) in [5.74, 6) is 0. The standard InChI is InChI=1S/C15H20BrN3/c1-3-7-19-11-13(10-18-19)15(17-2)9-12-5-4-6-14(16)8-12/h4-6,8,10-11,15,17H,3,7,9H2,1-2H3. The van der Waals surface area contributed by atoms with E-state index in [0.29, 0.717) is 6.04 Å². The lowest BCUT2D eigenvalue weighted by Crippen LogP contribution is -2.18. The summed E-state index contributed by atoms with van der Waals surface area (Å²) in [5, 5.41) is 7.77. The van der Waals surface area contributed by atoms with Crippen molar-refractivity contribution >= 4 is 15.9 Å². The second-order valence-corrected chi connectivity index (χ2v) is 5.63. The number of hydrogen-bond donors (Lipinski definition) is 1. The largest absolute Gasteiger partial charge is 0.313 e. The van der Waals surface area contributed by atoms with Gasteiger partial charge in [-0.1, -0.05) is 35.0 Å². The van der Waals surface area contributed by atoms with Crippen molar-refractivity contribution in [2.24, 2.45) is 0 Å². The van der Waals surface area contributed by atoms with Crippen molar-refractivity contribution in [3.05, 3.63) is 52.3 Å². The molecule has 2 rings (SSSR count). The summed E-state index contributed by atoms with van der Waals surface area (Å²) in [7, 11) is 2.00. The minimum atomic E-state index is 0.305. The maximum atomic E-state index is 4.40. The molecule has 0 radical (unpaired) electrons. The number of halogens is 1.